The van der Waals surface area contributed by atoms with Gasteiger partial charge >= 0.3 is 0 Å². The van der Waals surface area contributed by atoms with Gasteiger partial charge in [-0.05, 0) is 75.2 Å². The second kappa shape index (κ2) is 5.43. The first-order chi connectivity index (χ1) is 10.2. The fourth-order valence-electron chi connectivity index (χ4n) is 5.35. The van der Waals surface area contributed by atoms with Gasteiger partial charge in [0.2, 0.25) is 0 Å². The van der Waals surface area contributed by atoms with E-state index in [1.165, 1.54) is 44.1 Å². The van der Waals surface area contributed by atoms with E-state index in [2.05, 4.69) is 43.4 Å². The Labute approximate surface area is 129 Å². The van der Waals surface area contributed by atoms with Gasteiger partial charge in [-0.1, -0.05) is 36.2 Å². The third kappa shape index (κ3) is 2.65. The standard InChI is InChI=1S/C20H29N/c1-13-4-3-5-16(8-13)18-11-19(12-18)21-14(2)20-10-15-6-7-17(20)9-15/h3-5,8,14-15,17-21H,6-7,9-12H2,1-2H3. The predicted octanol–water partition coefficient (Wildman–Crippen LogP) is 4.66. The average Bonchev–Trinajstić information content (AvgIpc) is 3.04. The summed E-state index contributed by atoms with van der Waals surface area (Å²) in [6, 6.07) is 10.6. The summed E-state index contributed by atoms with van der Waals surface area (Å²) in [5.74, 6) is 3.90. The molecule has 1 nitrogen and oxygen atoms in total. The molecule has 2 bridgehead atoms. The molecule has 1 aromatic carbocycles. The lowest BCUT2D eigenvalue weighted by Crippen LogP contribution is -2.48. The van der Waals surface area contributed by atoms with Crippen LogP contribution in [0, 0.1) is 24.7 Å². The third-order valence-electron chi connectivity index (χ3n) is 6.59. The molecular formula is C20H29N. The zero-order chi connectivity index (χ0) is 14.4. The average molecular weight is 283 g/mol. The topological polar surface area (TPSA) is 12.0 Å². The maximum Gasteiger partial charge on any atom is 0.00813 e. The summed E-state index contributed by atoms with van der Waals surface area (Å²) in [6.45, 7) is 4.65. The van der Waals surface area contributed by atoms with Gasteiger partial charge in [0, 0.05) is 12.1 Å². The van der Waals surface area contributed by atoms with Crippen molar-refractivity contribution in [2.75, 3.05) is 0 Å². The van der Waals surface area contributed by atoms with Crippen molar-refractivity contribution in [2.45, 2.75) is 70.4 Å². The minimum atomic E-state index is 0.740. The highest BCUT2D eigenvalue weighted by molar-refractivity contribution is 5.27. The van der Waals surface area contributed by atoms with Gasteiger partial charge in [-0.25, -0.2) is 0 Å². The van der Waals surface area contributed by atoms with Crippen molar-refractivity contribution in [3.63, 3.8) is 0 Å². The molecule has 4 atom stereocenters. The van der Waals surface area contributed by atoms with Crippen LogP contribution in [-0.4, -0.2) is 12.1 Å². The highest BCUT2D eigenvalue weighted by Crippen LogP contribution is 2.50. The SMILES string of the molecule is Cc1cccc(C2CC(NC(C)C3CC4CCC3C4)C2)c1. The second-order valence-electron chi connectivity index (χ2n) is 8.07. The van der Waals surface area contributed by atoms with Gasteiger partial charge in [0.15, 0.2) is 0 Å². The predicted molar refractivity (Wildman–Crippen MR) is 88.5 cm³/mol. The van der Waals surface area contributed by atoms with Crippen molar-refractivity contribution in [1.29, 1.82) is 0 Å². The maximum absolute atomic E-state index is 3.96. The molecule has 0 radical (unpaired) electrons. The van der Waals surface area contributed by atoms with Crippen LogP contribution in [-0.2, 0) is 0 Å². The highest BCUT2D eigenvalue weighted by Gasteiger charge is 2.43. The molecule has 0 saturated heterocycles. The highest BCUT2D eigenvalue weighted by atomic mass is 15.0. The van der Waals surface area contributed by atoms with E-state index < -0.39 is 0 Å². The van der Waals surface area contributed by atoms with Crippen molar-refractivity contribution in [1.82, 2.24) is 5.32 Å². The van der Waals surface area contributed by atoms with E-state index in [9.17, 15) is 0 Å². The number of rotatable bonds is 4. The molecule has 1 N–H and O–H groups in total. The van der Waals surface area contributed by atoms with Crippen molar-refractivity contribution in [3.8, 4) is 0 Å². The Balaban J connectivity index is 1.28. The van der Waals surface area contributed by atoms with E-state index in [-0.39, 0.29) is 0 Å². The number of hydrogen-bond acceptors (Lipinski definition) is 1. The van der Waals surface area contributed by atoms with Gasteiger partial charge in [-0.3, -0.25) is 0 Å². The lowest BCUT2D eigenvalue weighted by Gasteiger charge is -2.40. The molecule has 3 saturated carbocycles. The van der Waals surface area contributed by atoms with E-state index in [1.807, 2.05) is 0 Å². The smallest absolute Gasteiger partial charge is 0.00813 e. The van der Waals surface area contributed by atoms with Gasteiger partial charge in [0.1, 0.15) is 0 Å². The molecule has 1 aromatic rings. The van der Waals surface area contributed by atoms with Crippen LogP contribution in [0.2, 0.25) is 0 Å². The van der Waals surface area contributed by atoms with Crippen LogP contribution < -0.4 is 5.32 Å². The van der Waals surface area contributed by atoms with Crippen LogP contribution in [0.15, 0.2) is 24.3 Å². The lowest BCUT2D eigenvalue weighted by atomic mass is 9.74. The fourth-order valence-corrected chi connectivity index (χ4v) is 5.35. The van der Waals surface area contributed by atoms with Gasteiger partial charge in [0.25, 0.3) is 0 Å². The molecule has 3 fully saturated rings. The van der Waals surface area contributed by atoms with Crippen molar-refractivity contribution in [2.24, 2.45) is 17.8 Å². The number of benzene rings is 1. The Morgan fingerprint density at radius 1 is 1.10 bits per heavy atom. The van der Waals surface area contributed by atoms with E-state index in [0.29, 0.717) is 0 Å². The van der Waals surface area contributed by atoms with Crippen LogP contribution >= 0.6 is 0 Å². The summed E-state index contributed by atoms with van der Waals surface area (Å²) in [5, 5.41) is 3.96. The molecule has 0 spiro atoms. The Hall–Kier alpha value is -0.820. The first-order valence-electron chi connectivity index (χ1n) is 9.01. The van der Waals surface area contributed by atoms with Crippen molar-refractivity contribution in [3.05, 3.63) is 35.4 Å². The van der Waals surface area contributed by atoms with E-state index >= 15 is 0 Å². The van der Waals surface area contributed by atoms with E-state index in [4.69, 9.17) is 0 Å². The molecule has 0 aromatic heterocycles. The van der Waals surface area contributed by atoms with Gasteiger partial charge < -0.3 is 5.32 Å². The largest absolute Gasteiger partial charge is 0.311 e. The summed E-state index contributed by atoms with van der Waals surface area (Å²) in [5.41, 5.74) is 2.96. The summed E-state index contributed by atoms with van der Waals surface area (Å²) < 4.78 is 0. The van der Waals surface area contributed by atoms with Gasteiger partial charge in [0.05, 0.1) is 0 Å². The minimum absolute atomic E-state index is 0.740. The fraction of sp³-hybridized carbons (Fsp3) is 0.700. The second-order valence-corrected chi connectivity index (χ2v) is 8.07. The lowest BCUT2D eigenvalue weighted by molar-refractivity contribution is 0.200. The zero-order valence-corrected chi connectivity index (χ0v) is 13.5. The normalized spacial score (nSPS) is 39.2. The van der Waals surface area contributed by atoms with Gasteiger partial charge in [-0.15, -0.1) is 0 Å². The first kappa shape index (κ1) is 13.8. The molecule has 3 aliphatic carbocycles. The Kier molecular flexibility index (Phi) is 3.57. The van der Waals surface area contributed by atoms with E-state index in [0.717, 1.165) is 35.8 Å². The Morgan fingerprint density at radius 3 is 2.62 bits per heavy atom. The molecule has 21 heavy (non-hydrogen) atoms. The number of nitrogens with one attached hydrogen (secondary N) is 1. The van der Waals surface area contributed by atoms with Crippen LogP contribution in [0.4, 0.5) is 0 Å². The van der Waals surface area contributed by atoms with Gasteiger partial charge in [-0.2, -0.15) is 0 Å². The Bertz CT molecular complexity index is 502. The molecule has 0 amide bonds. The van der Waals surface area contributed by atoms with Crippen molar-refractivity contribution >= 4 is 0 Å². The van der Waals surface area contributed by atoms with Crippen LogP contribution in [0.25, 0.3) is 0 Å². The zero-order valence-electron chi connectivity index (χ0n) is 13.5. The molecule has 1 heteroatoms. The minimum Gasteiger partial charge on any atom is -0.311 e. The van der Waals surface area contributed by atoms with E-state index in [1.54, 1.807) is 5.56 Å². The molecule has 114 valence electrons. The third-order valence-corrected chi connectivity index (χ3v) is 6.59. The molecule has 4 unspecified atom stereocenters. The monoisotopic (exact) mass is 283 g/mol. The molecule has 4 rings (SSSR count). The summed E-state index contributed by atoms with van der Waals surface area (Å²) in [4.78, 5) is 0. The molecule has 0 heterocycles. The number of aryl methyl sites for hydroxylation is 1. The van der Waals surface area contributed by atoms with Crippen molar-refractivity contribution < 1.29 is 0 Å². The molecular weight excluding hydrogens is 254 g/mol. The quantitative estimate of drug-likeness (QED) is 0.847. The molecule has 0 aliphatic heterocycles. The summed E-state index contributed by atoms with van der Waals surface area (Å²) in [6.07, 6.45) is 8.76. The Morgan fingerprint density at radius 2 is 1.95 bits per heavy atom. The summed E-state index contributed by atoms with van der Waals surface area (Å²) >= 11 is 0. The first-order valence-corrected chi connectivity index (χ1v) is 9.01. The molecule has 3 aliphatic rings. The summed E-state index contributed by atoms with van der Waals surface area (Å²) in [7, 11) is 0. The number of hydrogen-bond donors (Lipinski definition) is 1. The number of fused-ring (bicyclic) bond motifs is 2. The van der Waals surface area contributed by atoms with Crippen LogP contribution in [0.3, 0.4) is 0 Å². The maximum atomic E-state index is 3.96. The van der Waals surface area contributed by atoms with Crippen LogP contribution in [0.5, 0.6) is 0 Å². The van der Waals surface area contributed by atoms with Crippen LogP contribution in [0.1, 0.15) is 62.5 Å².